The number of halogens is 1. The van der Waals surface area contributed by atoms with Crippen LogP contribution in [-0.2, 0) is 16.6 Å². The van der Waals surface area contributed by atoms with Crippen LogP contribution in [0.4, 0.5) is 0 Å². The van der Waals surface area contributed by atoms with Crippen LogP contribution in [0.15, 0.2) is 71.6 Å². The molecule has 182 valence electrons. The Balaban J connectivity index is 1.43. The van der Waals surface area contributed by atoms with E-state index in [0.717, 1.165) is 35.5 Å². The lowest BCUT2D eigenvalue weighted by atomic mass is 9.88. The molecule has 0 saturated carbocycles. The van der Waals surface area contributed by atoms with Crippen LogP contribution in [0.3, 0.4) is 0 Å². The number of aromatic nitrogens is 1. The molecule has 4 aromatic rings. The van der Waals surface area contributed by atoms with Gasteiger partial charge in [-0.15, -0.1) is 0 Å². The van der Waals surface area contributed by atoms with Crippen molar-refractivity contribution in [3.05, 3.63) is 99.7 Å². The number of sulfonamides is 1. The molecule has 0 radical (unpaired) electrons. The first-order valence-corrected chi connectivity index (χ1v) is 14.0. The molecule has 0 amide bonds. The van der Waals surface area contributed by atoms with E-state index in [1.54, 1.807) is 16.4 Å². The summed E-state index contributed by atoms with van der Waals surface area (Å²) in [5.74, 6) is 0.325. The van der Waals surface area contributed by atoms with E-state index in [-0.39, 0.29) is 0 Å². The molecule has 5 rings (SSSR count). The molecule has 35 heavy (non-hydrogen) atoms. The number of hydrogen-bond acceptors (Lipinski definition) is 2. The van der Waals surface area contributed by atoms with Crippen molar-refractivity contribution in [1.29, 1.82) is 0 Å². The van der Waals surface area contributed by atoms with Crippen LogP contribution in [0.5, 0.6) is 0 Å². The quantitative estimate of drug-likeness (QED) is 0.297. The lowest BCUT2D eigenvalue weighted by molar-refractivity contribution is 0.319. The van der Waals surface area contributed by atoms with Gasteiger partial charge in [0.1, 0.15) is 0 Å². The van der Waals surface area contributed by atoms with Gasteiger partial charge in [0, 0.05) is 41.3 Å². The van der Waals surface area contributed by atoms with E-state index in [1.165, 1.54) is 27.7 Å². The Labute approximate surface area is 213 Å². The molecular formula is C29H31ClN2O2S. The molecule has 2 heterocycles. The number of para-hydroxylation sites is 1. The molecule has 6 heteroatoms. The van der Waals surface area contributed by atoms with E-state index in [9.17, 15) is 8.42 Å². The second kappa shape index (κ2) is 9.45. The van der Waals surface area contributed by atoms with Crippen molar-refractivity contribution in [2.45, 2.75) is 51.0 Å². The topological polar surface area (TPSA) is 42.3 Å². The summed E-state index contributed by atoms with van der Waals surface area (Å²) in [6.45, 7) is 7.91. The summed E-state index contributed by atoms with van der Waals surface area (Å²) in [7, 11) is -3.49. The Kier molecular flexibility index (Phi) is 6.51. The molecular weight excluding hydrogens is 476 g/mol. The molecule has 4 nitrogen and oxygen atoms in total. The van der Waals surface area contributed by atoms with Crippen molar-refractivity contribution in [3.8, 4) is 0 Å². The van der Waals surface area contributed by atoms with E-state index in [1.807, 2.05) is 38.1 Å². The van der Waals surface area contributed by atoms with E-state index in [2.05, 4.69) is 41.8 Å². The third-order valence-corrected chi connectivity index (χ3v) is 9.32. The van der Waals surface area contributed by atoms with Crippen molar-refractivity contribution < 1.29 is 8.42 Å². The number of nitrogens with zero attached hydrogens (tertiary/aromatic N) is 2. The third-order valence-electron chi connectivity index (χ3n) is 7.20. The predicted molar refractivity (Wildman–Crippen MR) is 144 cm³/mol. The van der Waals surface area contributed by atoms with Crippen LogP contribution in [0, 0.1) is 20.8 Å². The highest BCUT2D eigenvalue weighted by molar-refractivity contribution is 7.89. The minimum absolute atomic E-state index is 0.325. The molecule has 1 fully saturated rings. The SMILES string of the molecule is Cc1cc(C)cc(S(=O)(=O)N2CCC(c3c(C)n(Cc4cccc(Cl)c4)c4ccccc34)CC2)c1. The van der Waals surface area contributed by atoms with Crippen LogP contribution in [0.25, 0.3) is 10.9 Å². The van der Waals surface area contributed by atoms with Crippen molar-refractivity contribution in [3.63, 3.8) is 0 Å². The minimum Gasteiger partial charge on any atom is -0.340 e. The number of aryl methyl sites for hydroxylation is 2. The van der Waals surface area contributed by atoms with E-state index in [0.29, 0.717) is 23.9 Å². The van der Waals surface area contributed by atoms with Crippen LogP contribution in [0.1, 0.15) is 46.7 Å². The Morgan fingerprint density at radius 2 is 1.57 bits per heavy atom. The predicted octanol–water partition coefficient (Wildman–Crippen LogP) is 6.84. The van der Waals surface area contributed by atoms with Crippen LogP contribution < -0.4 is 0 Å². The fraction of sp³-hybridized carbons (Fsp3) is 0.310. The molecule has 0 spiro atoms. The molecule has 0 unspecified atom stereocenters. The average molecular weight is 507 g/mol. The highest BCUT2D eigenvalue weighted by Gasteiger charge is 2.32. The zero-order valence-electron chi connectivity index (χ0n) is 20.5. The normalized spacial score (nSPS) is 15.7. The van der Waals surface area contributed by atoms with Crippen molar-refractivity contribution in [1.82, 2.24) is 8.87 Å². The Morgan fingerprint density at radius 1 is 0.886 bits per heavy atom. The Bertz CT molecular complexity index is 1480. The highest BCUT2D eigenvalue weighted by atomic mass is 35.5. The lowest BCUT2D eigenvalue weighted by Crippen LogP contribution is -2.38. The van der Waals surface area contributed by atoms with Crippen molar-refractivity contribution in [2.24, 2.45) is 0 Å². The van der Waals surface area contributed by atoms with E-state index < -0.39 is 10.0 Å². The molecule has 3 aromatic carbocycles. The zero-order valence-corrected chi connectivity index (χ0v) is 22.0. The van der Waals surface area contributed by atoms with Crippen LogP contribution in [-0.4, -0.2) is 30.4 Å². The maximum atomic E-state index is 13.4. The summed E-state index contributed by atoms with van der Waals surface area (Å²) in [5.41, 5.74) is 6.93. The molecule has 1 aromatic heterocycles. The minimum atomic E-state index is -3.49. The van der Waals surface area contributed by atoms with E-state index >= 15 is 0 Å². The molecule has 0 bridgehead atoms. The Morgan fingerprint density at radius 3 is 2.26 bits per heavy atom. The number of fused-ring (bicyclic) bond motifs is 1. The summed E-state index contributed by atoms with van der Waals surface area (Å²) < 4.78 is 30.8. The van der Waals surface area contributed by atoms with Gasteiger partial charge in [0.25, 0.3) is 0 Å². The molecule has 0 atom stereocenters. The first-order chi connectivity index (χ1) is 16.7. The van der Waals surface area contributed by atoms with Gasteiger partial charge in [0.2, 0.25) is 10.0 Å². The summed E-state index contributed by atoms with van der Waals surface area (Å²) >= 11 is 6.24. The van der Waals surface area contributed by atoms with Gasteiger partial charge in [-0.2, -0.15) is 4.31 Å². The van der Waals surface area contributed by atoms with Crippen molar-refractivity contribution in [2.75, 3.05) is 13.1 Å². The van der Waals surface area contributed by atoms with Gasteiger partial charge < -0.3 is 4.57 Å². The fourth-order valence-corrected chi connectivity index (χ4v) is 7.48. The van der Waals surface area contributed by atoms with Gasteiger partial charge in [0.05, 0.1) is 4.90 Å². The largest absolute Gasteiger partial charge is 0.340 e. The van der Waals surface area contributed by atoms with Gasteiger partial charge in [-0.1, -0.05) is 48.0 Å². The van der Waals surface area contributed by atoms with Crippen molar-refractivity contribution >= 4 is 32.5 Å². The summed E-state index contributed by atoms with van der Waals surface area (Å²) in [6.07, 6.45) is 1.63. The second-order valence-electron chi connectivity index (χ2n) is 9.73. The van der Waals surface area contributed by atoms with Crippen LogP contribution >= 0.6 is 11.6 Å². The second-order valence-corrected chi connectivity index (χ2v) is 12.1. The zero-order chi connectivity index (χ0) is 24.7. The number of hydrogen-bond donors (Lipinski definition) is 0. The molecule has 1 saturated heterocycles. The average Bonchev–Trinajstić information content (AvgIpc) is 3.10. The highest BCUT2D eigenvalue weighted by Crippen LogP contribution is 2.39. The van der Waals surface area contributed by atoms with Gasteiger partial charge in [-0.05, 0) is 92.1 Å². The maximum absolute atomic E-state index is 13.4. The fourth-order valence-electron chi connectivity index (χ4n) is 5.61. The summed E-state index contributed by atoms with van der Waals surface area (Å²) in [4.78, 5) is 0.405. The first-order valence-electron chi connectivity index (χ1n) is 12.1. The smallest absolute Gasteiger partial charge is 0.243 e. The number of piperidine rings is 1. The van der Waals surface area contributed by atoms with Gasteiger partial charge in [-0.3, -0.25) is 0 Å². The molecule has 1 aliphatic heterocycles. The van der Waals surface area contributed by atoms with Gasteiger partial charge >= 0.3 is 0 Å². The van der Waals surface area contributed by atoms with Gasteiger partial charge in [0.15, 0.2) is 0 Å². The summed E-state index contributed by atoms with van der Waals surface area (Å²) in [6, 6.07) is 22.1. The molecule has 0 N–H and O–H groups in total. The monoisotopic (exact) mass is 506 g/mol. The van der Waals surface area contributed by atoms with E-state index in [4.69, 9.17) is 11.6 Å². The lowest BCUT2D eigenvalue weighted by Gasteiger charge is -2.32. The number of rotatable bonds is 5. The maximum Gasteiger partial charge on any atom is 0.243 e. The Hall–Kier alpha value is -2.60. The first kappa shape index (κ1) is 24.1. The summed E-state index contributed by atoms with van der Waals surface area (Å²) in [5, 5.41) is 2.01. The standard InChI is InChI=1S/C29H31ClN2O2S/c1-20-15-21(2)17-26(16-20)35(33,34)31-13-11-24(12-14-31)29-22(3)32(28-10-5-4-9-27(28)29)19-23-7-6-8-25(30)18-23/h4-10,15-18,24H,11-14,19H2,1-3H3. The molecule has 1 aliphatic rings. The van der Waals surface area contributed by atoms with Gasteiger partial charge in [-0.25, -0.2) is 8.42 Å². The van der Waals surface area contributed by atoms with Crippen LogP contribution in [0.2, 0.25) is 5.02 Å². The third kappa shape index (κ3) is 4.65. The number of benzene rings is 3. The molecule has 0 aliphatic carbocycles.